The zero-order valence-electron chi connectivity index (χ0n) is 10.3. The van der Waals surface area contributed by atoms with Gasteiger partial charge in [0.1, 0.15) is 0 Å². The fourth-order valence-electron chi connectivity index (χ4n) is 1.69. The number of hydrogen-bond donors (Lipinski definition) is 0. The van der Waals surface area contributed by atoms with Crippen molar-refractivity contribution in [2.75, 3.05) is 19.6 Å². The molecule has 1 fully saturated rings. The lowest BCUT2D eigenvalue weighted by atomic mass is 9.92. The van der Waals surface area contributed by atoms with Gasteiger partial charge in [-0.05, 0) is 5.41 Å². The summed E-state index contributed by atoms with van der Waals surface area (Å²) in [5.41, 5.74) is -0.0801. The molecule has 1 saturated heterocycles. The van der Waals surface area contributed by atoms with E-state index in [9.17, 15) is 9.59 Å². The highest BCUT2D eigenvalue weighted by atomic mass is 16.2. The minimum absolute atomic E-state index is 0.0796. The maximum absolute atomic E-state index is 11.9. The van der Waals surface area contributed by atoms with Crippen molar-refractivity contribution in [3.8, 4) is 0 Å². The Hall–Kier alpha value is -1.32. The summed E-state index contributed by atoms with van der Waals surface area (Å²) in [5.74, 6) is -0.0796. The number of nitrogens with zero attached hydrogens (tertiary/aromatic N) is 2. The Morgan fingerprint density at radius 3 is 2.56 bits per heavy atom. The van der Waals surface area contributed by atoms with Crippen LogP contribution in [0.3, 0.4) is 0 Å². The van der Waals surface area contributed by atoms with Gasteiger partial charge in [-0.3, -0.25) is 9.69 Å². The lowest BCUT2D eigenvalue weighted by molar-refractivity contribution is -0.129. The molecular formula is C12H20N2O2. The molecule has 16 heavy (non-hydrogen) atoms. The average molecular weight is 224 g/mol. The standard InChI is InChI=1S/C12H20N2O2/c1-5-6-13-7-8-14(11(13)16)10(15)9-12(2,3)4/h5H,1,6-9H2,2-4H3. The van der Waals surface area contributed by atoms with E-state index in [2.05, 4.69) is 6.58 Å². The maximum atomic E-state index is 11.9. The molecule has 4 nitrogen and oxygen atoms in total. The van der Waals surface area contributed by atoms with Crippen molar-refractivity contribution in [2.24, 2.45) is 5.41 Å². The predicted octanol–water partition coefficient (Wildman–Crippen LogP) is 1.87. The minimum Gasteiger partial charge on any atom is -0.319 e. The number of imide groups is 1. The van der Waals surface area contributed by atoms with E-state index < -0.39 is 0 Å². The largest absolute Gasteiger partial charge is 0.327 e. The summed E-state index contributed by atoms with van der Waals surface area (Å²) in [6, 6.07) is -0.186. The molecule has 0 spiro atoms. The van der Waals surface area contributed by atoms with E-state index in [1.807, 2.05) is 20.8 Å². The van der Waals surface area contributed by atoms with E-state index in [1.165, 1.54) is 4.90 Å². The quantitative estimate of drug-likeness (QED) is 0.687. The van der Waals surface area contributed by atoms with Crippen LogP contribution in [0.4, 0.5) is 4.79 Å². The summed E-state index contributed by atoms with van der Waals surface area (Å²) in [6.07, 6.45) is 2.08. The van der Waals surface area contributed by atoms with Crippen LogP contribution in [0.15, 0.2) is 12.7 Å². The van der Waals surface area contributed by atoms with E-state index in [4.69, 9.17) is 0 Å². The number of urea groups is 1. The van der Waals surface area contributed by atoms with Crippen LogP contribution in [0.2, 0.25) is 0 Å². The number of carbonyl (C=O) groups is 2. The monoisotopic (exact) mass is 224 g/mol. The summed E-state index contributed by atoms with van der Waals surface area (Å²) in [4.78, 5) is 26.7. The molecule has 0 aromatic rings. The van der Waals surface area contributed by atoms with Gasteiger partial charge in [0.05, 0.1) is 0 Å². The van der Waals surface area contributed by atoms with Crippen molar-refractivity contribution in [1.29, 1.82) is 0 Å². The first-order valence-electron chi connectivity index (χ1n) is 5.55. The predicted molar refractivity (Wildman–Crippen MR) is 63.0 cm³/mol. The first-order chi connectivity index (χ1) is 7.35. The molecule has 1 aliphatic rings. The van der Waals surface area contributed by atoms with Crippen LogP contribution in [0.25, 0.3) is 0 Å². The number of rotatable bonds is 3. The Morgan fingerprint density at radius 2 is 2.06 bits per heavy atom. The second-order valence-electron chi connectivity index (χ2n) is 5.30. The summed E-state index contributed by atoms with van der Waals surface area (Å²) < 4.78 is 0. The summed E-state index contributed by atoms with van der Waals surface area (Å²) in [7, 11) is 0. The Kier molecular flexibility index (Phi) is 3.73. The van der Waals surface area contributed by atoms with Crippen LogP contribution in [0.1, 0.15) is 27.2 Å². The number of hydrogen-bond acceptors (Lipinski definition) is 2. The highest BCUT2D eigenvalue weighted by molar-refractivity contribution is 5.96. The molecule has 0 N–H and O–H groups in total. The summed E-state index contributed by atoms with van der Waals surface area (Å²) in [6.45, 7) is 11.2. The summed E-state index contributed by atoms with van der Waals surface area (Å²) in [5, 5.41) is 0. The van der Waals surface area contributed by atoms with Gasteiger partial charge in [0.25, 0.3) is 0 Å². The zero-order chi connectivity index (χ0) is 12.3. The Balaban J connectivity index is 2.60. The van der Waals surface area contributed by atoms with Gasteiger partial charge < -0.3 is 4.90 Å². The molecule has 90 valence electrons. The van der Waals surface area contributed by atoms with E-state index in [0.29, 0.717) is 26.1 Å². The molecule has 1 aliphatic heterocycles. The van der Waals surface area contributed by atoms with Crippen LogP contribution >= 0.6 is 0 Å². The second kappa shape index (κ2) is 4.68. The molecule has 1 heterocycles. The van der Waals surface area contributed by atoms with E-state index in [1.54, 1.807) is 11.0 Å². The van der Waals surface area contributed by atoms with Crippen molar-refractivity contribution in [3.05, 3.63) is 12.7 Å². The molecule has 0 atom stereocenters. The Bertz CT molecular complexity index is 305. The van der Waals surface area contributed by atoms with Gasteiger partial charge in [-0.25, -0.2) is 4.79 Å². The lowest BCUT2D eigenvalue weighted by Crippen LogP contribution is -2.37. The normalized spacial score (nSPS) is 16.8. The first-order valence-corrected chi connectivity index (χ1v) is 5.55. The molecule has 0 aromatic carbocycles. The molecule has 0 saturated carbocycles. The van der Waals surface area contributed by atoms with Gasteiger partial charge in [0, 0.05) is 26.1 Å². The third-order valence-corrected chi connectivity index (χ3v) is 2.43. The first kappa shape index (κ1) is 12.7. The molecule has 3 amide bonds. The van der Waals surface area contributed by atoms with Crippen molar-refractivity contribution in [1.82, 2.24) is 9.80 Å². The molecule has 1 rings (SSSR count). The van der Waals surface area contributed by atoms with E-state index in [0.717, 1.165) is 0 Å². The van der Waals surface area contributed by atoms with Gasteiger partial charge in [0.15, 0.2) is 0 Å². The topological polar surface area (TPSA) is 40.6 Å². The molecular weight excluding hydrogens is 204 g/mol. The van der Waals surface area contributed by atoms with Crippen LogP contribution in [0.5, 0.6) is 0 Å². The molecule has 0 aromatic heterocycles. The van der Waals surface area contributed by atoms with Gasteiger partial charge in [-0.2, -0.15) is 0 Å². The van der Waals surface area contributed by atoms with Gasteiger partial charge in [-0.1, -0.05) is 26.8 Å². The van der Waals surface area contributed by atoms with Crippen LogP contribution in [0, 0.1) is 5.41 Å². The Morgan fingerprint density at radius 1 is 1.44 bits per heavy atom. The average Bonchev–Trinajstić information content (AvgIpc) is 2.46. The molecule has 0 aliphatic carbocycles. The number of carbonyl (C=O) groups excluding carboxylic acids is 2. The van der Waals surface area contributed by atoms with Gasteiger partial charge in [0.2, 0.25) is 5.91 Å². The Labute approximate surface area is 96.9 Å². The van der Waals surface area contributed by atoms with E-state index >= 15 is 0 Å². The van der Waals surface area contributed by atoms with Crippen LogP contribution in [-0.2, 0) is 4.79 Å². The fraction of sp³-hybridized carbons (Fsp3) is 0.667. The van der Waals surface area contributed by atoms with Gasteiger partial charge in [-0.15, -0.1) is 6.58 Å². The highest BCUT2D eigenvalue weighted by Crippen LogP contribution is 2.21. The van der Waals surface area contributed by atoms with Crippen molar-refractivity contribution < 1.29 is 9.59 Å². The minimum atomic E-state index is -0.186. The summed E-state index contributed by atoms with van der Waals surface area (Å²) >= 11 is 0. The number of amides is 3. The molecule has 0 bridgehead atoms. The third-order valence-electron chi connectivity index (χ3n) is 2.43. The lowest BCUT2D eigenvalue weighted by Gasteiger charge is -2.21. The van der Waals surface area contributed by atoms with Crippen molar-refractivity contribution in [2.45, 2.75) is 27.2 Å². The van der Waals surface area contributed by atoms with E-state index in [-0.39, 0.29) is 17.4 Å². The van der Waals surface area contributed by atoms with Crippen LogP contribution < -0.4 is 0 Å². The highest BCUT2D eigenvalue weighted by Gasteiger charge is 2.33. The SMILES string of the molecule is C=CCN1CCN(C(=O)CC(C)(C)C)C1=O. The smallest absolute Gasteiger partial charge is 0.319 e. The zero-order valence-corrected chi connectivity index (χ0v) is 10.3. The third kappa shape index (κ3) is 3.08. The van der Waals surface area contributed by atoms with Crippen LogP contribution in [-0.4, -0.2) is 41.4 Å². The fourth-order valence-corrected chi connectivity index (χ4v) is 1.69. The maximum Gasteiger partial charge on any atom is 0.327 e. The molecule has 0 unspecified atom stereocenters. The van der Waals surface area contributed by atoms with Crippen molar-refractivity contribution in [3.63, 3.8) is 0 Å². The molecule has 4 heteroatoms. The van der Waals surface area contributed by atoms with Crippen molar-refractivity contribution >= 4 is 11.9 Å². The van der Waals surface area contributed by atoms with Gasteiger partial charge >= 0.3 is 6.03 Å². The molecule has 0 radical (unpaired) electrons. The second-order valence-corrected chi connectivity index (χ2v) is 5.30.